The molecule has 0 fully saturated rings. The van der Waals surface area contributed by atoms with Crippen LogP contribution in [0.1, 0.15) is 29.3 Å². The van der Waals surface area contributed by atoms with Crippen LogP contribution in [0.15, 0.2) is 12.5 Å². The number of aryl methyl sites for hydroxylation is 1. The van der Waals surface area contributed by atoms with Gasteiger partial charge in [0.2, 0.25) is 0 Å². The van der Waals surface area contributed by atoms with Crippen molar-refractivity contribution in [3.05, 3.63) is 28.8 Å². The maximum atomic E-state index is 11.9. The van der Waals surface area contributed by atoms with Gasteiger partial charge in [-0.15, -0.1) is 0 Å². The third-order valence-electron chi connectivity index (χ3n) is 2.56. The molecule has 1 amide bonds. The number of rotatable bonds is 3. The van der Waals surface area contributed by atoms with Gasteiger partial charge in [0, 0.05) is 12.7 Å². The lowest BCUT2D eigenvalue weighted by atomic mass is 10.2. The van der Waals surface area contributed by atoms with Crippen molar-refractivity contribution < 1.29 is 4.79 Å². The molecule has 0 atom stereocenters. The molecule has 2 rings (SSSR count). The molecule has 5 nitrogen and oxygen atoms in total. The second-order valence-corrected chi connectivity index (χ2v) is 4.13. The molecule has 0 saturated carbocycles. The monoisotopic (exact) mass is 252 g/mol. The van der Waals surface area contributed by atoms with Crippen LogP contribution in [-0.2, 0) is 0 Å². The summed E-state index contributed by atoms with van der Waals surface area (Å²) in [6.07, 6.45) is 3.93. The average molecular weight is 253 g/mol. The average Bonchev–Trinajstić information content (AvgIpc) is 2.65. The molecule has 0 saturated heterocycles. The summed E-state index contributed by atoms with van der Waals surface area (Å²) in [5.74, 6) is -0.106. The van der Waals surface area contributed by atoms with Crippen molar-refractivity contribution in [2.75, 3.05) is 6.54 Å². The molecular formula is C11H13ClN4O. The fourth-order valence-electron chi connectivity index (χ4n) is 1.68. The van der Waals surface area contributed by atoms with E-state index in [9.17, 15) is 4.79 Å². The highest BCUT2D eigenvalue weighted by molar-refractivity contribution is 6.32. The highest BCUT2D eigenvalue weighted by Gasteiger charge is 2.16. The zero-order chi connectivity index (χ0) is 12.4. The smallest absolute Gasteiger partial charge is 0.253 e. The first kappa shape index (κ1) is 11.9. The van der Waals surface area contributed by atoms with Crippen LogP contribution in [0.5, 0.6) is 0 Å². The third kappa shape index (κ3) is 2.10. The van der Waals surface area contributed by atoms with Gasteiger partial charge in [0.1, 0.15) is 11.8 Å². The van der Waals surface area contributed by atoms with E-state index in [2.05, 4.69) is 15.4 Å². The summed E-state index contributed by atoms with van der Waals surface area (Å²) >= 11 is 5.98. The summed E-state index contributed by atoms with van der Waals surface area (Å²) in [6, 6.07) is 0. The Kier molecular flexibility index (Phi) is 3.28. The lowest BCUT2D eigenvalue weighted by Crippen LogP contribution is -2.24. The fourth-order valence-corrected chi connectivity index (χ4v) is 1.95. The lowest BCUT2D eigenvalue weighted by Gasteiger charge is -2.01. The molecule has 0 bridgehead atoms. The van der Waals surface area contributed by atoms with Crippen molar-refractivity contribution in [1.82, 2.24) is 19.9 Å². The van der Waals surface area contributed by atoms with E-state index in [0.29, 0.717) is 22.8 Å². The Bertz CT molecular complexity index is 564. The third-order valence-corrected chi connectivity index (χ3v) is 2.84. The van der Waals surface area contributed by atoms with Gasteiger partial charge in [0.25, 0.3) is 5.91 Å². The summed E-state index contributed by atoms with van der Waals surface area (Å²) in [5.41, 5.74) is 2.06. The minimum atomic E-state index is -0.106. The number of aromatic nitrogens is 3. The van der Waals surface area contributed by atoms with Gasteiger partial charge >= 0.3 is 0 Å². The standard InChI is InChI=1S/C11H13ClN4O/c1-3-4-13-11(17)8-5-16-9(7(8)2)10(12)14-6-15-16/h5-6H,3-4H2,1-2H3,(H,13,17). The van der Waals surface area contributed by atoms with E-state index < -0.39 is 0 Å². The summed E-state index contributed by atoms with van der Waals surface area (Å²) < 4.78 is 1.57. The Morgan fingerprint density at radius 2 is 2.35 bits per heavy atom. The first-order valence-electron chi connectivity index (χ1n) is 5.41. The van der Waals surface area contributed by atoms with E-state index in [1.165, 1.54) is 6.33 Å². The van der Waals surface area contributed by atoms with Crippen LogP contribution in [-0.4, -0.2) is 27.0 Å². The molecule has 90 valence electrons. The fraction of sp³-hybridized carbons (Fsp3) is 0.364. The van der Waals surface area contributed by atoms with Crippen LogP contribution < -0.4 is 5.32 Å². The van der Waals surface area contributed by atoms with Crippen LogP contribution in [0.25, 0.3) is 5.52 Å². The predicted molar refractivity (Wildman–Crippen MR) is 65.4 cm³/mol. The van der Waals surface area contributed by atoms with Crippen LogP contribution in [0.2, 0.25) is 5.15 Å². The first-order chi connectivity index (χ1) is 8.15. The molecule has 0 aliphatic heterocycles. The lowest BCUT2D eigenvalue weighted by molar-refractivity contribution is 0.0953. The summed E-state index contributed by atoms with van der Waals surface area (Å²) in [4.78, 5) is 15.8. The first-order valence-corrected chi connectivity index (χ1v) is 5.79. The number of carbonyl (C=O) groups is 1. The minimum Gasteiger partial charge on any atom is -0.352 e. The number of halogens is 1. The predicted octanol–water partition coefficient (Wildman–Crippen LogP) is 1.83. The largest absolute Gasteiger partial charge is 0.352 e. The number of fused-ring (bicyclic) bond motifs is 1. The number of amides is 1. The van der Waals surface area contributed by atoms with E-state index >= 15 is 0 Å². The van der Waals surface area contributed by atoms with Crippen LogP contribution in [0.4, 0.5) is 0 Å². The van der Waals surface area contributed by atoms with E-state index in [4.69, 9.17) is 11.6 Å². The highest BCUT2D eigenvalue weighted by atomic mass is 35.5. The maximum Gasteiger partial charge on any atom is 0.253 e. The number of carbonyl (C=O) groups excluding carboxylic acids is 1. The molecule has 2 heterocycles. The second kappa shape index (κ2) is 4.71. The van der Waals surface area contributed by atoms with Gasteiger partial charge in [-0.3, -0.25) is 4.79 Å². The number of nitrogens with zero attached hydrogens (tertiary/aromatic N) is 3. The maximum absolute atomic E-state index is 11.9. The molecule has 0 aliphatic rings. The minimum absolute atomic E-state index is 0.106. The molecule has 0 unspecified atom stereocenters. The van der Waals surface area contributed by atoms with E-state index in [0.717, 1.165) is 12.0 Å². The van der Waals surface area contributed by atoms with E-state index in [1.807, 2.05) is 13.8 Å². The van der Waals surface area contributed by atoms with Crippen molar-refractivity contribution in [1.29, 1.82) is 0 Å². The molecule has 1 N–H and O–H groups in total. The van der Waals surface area contributed by atoms with Gasteiger partial charge in [0.05, 0.1) is 5.56 Å². The summed E-state index contributed by atoms with van der Waals surface area (Å²) in [6.45, 7) is 4.50. The topological polar surface area (TPSA) is 59.3 Å². The van der Waals surface area contributed by atoms with Crippen LogP contribution in [0.3, 0.4) is 0 Å². The van der Waals surface area contributed by atoms with Crippen LogP contribution >= 0.6 is 11.6 Å². The van der Waals surface area contributed by atoms with Crippen LogP contribution in [0, 0.1) is 6.92 Å². The van der Waals surface area contributed by atoms with Crippen molar-refractivity contribution >= 4 is 23.0 Å². The van der Waals surface area contributed by atoms with Gasteiger partial charge in [-0.25, -0.2) is 9.50 Å². The zero-order valence-electron chi connectivity index (χ0n) is 9.70. The molecule has 2 aromatic heterocycles. The van der Waals surface area contributed by atoms with E-state index in [-0.39, 0.29) is 5.91 Å². The molecule has 0 aliphatic carbocycles. The molecule has 0 radical (unpaired) electrons. The number of hydrogen-bond acceptors (Lipinski definition) is 3. The molecule has 2 aromatic rings. The molecule has 0 spiro atoms. The van der Waals surface area contributed by atoms with Crippen molar-refractivity contribution in [3.8, 4) is 0 Å². The molecule has 17 heavy (non-hydrogen) atoms. The SMILES string of the molecule is CCCNC(=O)c1cn2ncnc(Cl)c2c1C. The summed E-state index contributed by atoms with van der Waals surface area (Å²) in [5, 5.41) is 7.21. The molecule has 0 aromatic carbocycles. The Labute approximate surface area is 104 Å². The van der Waals surface area contributed by atoms with Gasteiger partial charge in [-0.1, -0.05) is 18.5 Å². The van der Waals surface area contributed by atoms with E-state index in [1.54, 1.807) is 10.7 Å². The highest BCUT2D eigenvalue weighted by Crippen LogP contribution is 2.22. The quantitative estimate of drug-likeness (QED) is 0.907. The van der Waals surface area contributed by atoms with Crippen molar-refractivity contribution in [3.63, 3.8) is 0 Å². The molecule has 6 heteroatoms. The number of hydrogen-bond donors (Lipinski definition) is 1. The Hall–Kier alpha value is -1.62. The zero-order valence-corrected chi connectivity index (χ0v) is 10.5. The van der Waals surface area contributed by atoms with Gasteiger partial charge in [-0.2, -0.15) is 5.10 Å². The Morgan fingerprint density at radius 3 is 3.00 bits per heavy atom. The summed E-state index contributed by atoms with van der Waals surface area (Å²) in [7, 11) is 0. The van der Waals surface area contributed by atoms with Gasteiger partial charge in [-0.05, 0) is 18.9 Å². The van der Waals surface area contributed by atoms with Gasteiger partial charge < -0.3 is 5.32 Å². The normalized spacial score (nSPS) is 10.8. The van der Waals surface area contributed by atoms with Crippen molar-refractivity contribution in [2.24, 2.45) is 0 Å². The van der Waals surface area contributed by atoms with Gasteiger partial charge in [0.15, 0.2) is 5.15 Å². The Morgan fingerprint density at radius 1 is 1.59 bits per heavy atom. The van der Waals surface area contributed by atoms with Crippen molar-refractivity contribution in [2.45, 2.75) is 20.3 Å². The second-order valence-electron chi connectivity index (χ2n) is 3.77. The molecular weight excluding hydrogens is 240 g/mol. The number of nitrogens with one attached hydrogen (secondary N) is 1. The Balaban J connectivity index is 2.46.